The fraction of sp³-hybridized carbons (Fsp3) is 0.235. The van der Waals surface area contributed by atoms with Crippen molar-refractivity contribution in [3.63, 3.8) is 0 Å². The Balaban J connectivity index is 1.79. The molecule has 0 atom stereocenters. The van der Waals surface area contributed by atoms with E-state index in [1.807, 2.05) is 35.2 Å². The van der Waals surface area contributed by atoms with Crippen LogP contribution in [0.1, 0.15) is 10.6 Å². The number of furan rings is 1. The van der Waals surface area contributed by atoms with E-state index < -0.39 is 0 Å². The lowest BCUT2D eigenvalue weighted by Gasteiger charge is -2.26. The fourth-order valence-electron chi connectivity index (χ4n) is 2.92. The molecule has 2 heterocycles. The maximum Gasteiger partial charge on any atom is 0.289 e. The number of nitrogens with zero attached hydrogens (tertiary/aromatic N) is 1. The summed E-state index contributed by atoms with van der Waals surface area (Å²) >= 11 is 0. The minimum atomic E-state index is -0.0169. The van der Waals surface area contributed by atoms with E-state index in [1.54, 1.807) is 0 Å². The molecule has 1 fully saturated rings. The molecule has 0 unspecified atom stereocenters. The van der Waals surface area contributed by atoms with Crippen LogP contribution in [0.2, 0.25) is 0 Å². The molecule has 1 aliphatic rings. The number of nitrogens with one attached hydrogen (secondary N) is 1. The van der Waals surface area contributed by atoms with Gasteiger partial charge in [0.25, 0.3) is 5.91 Å². The molecule has 1 aromatic heterocycles. The Hall–Kier alpha value is -2.33. The largest absolute Gasteiger partial charge is 0.451 e. The highest BCUT2D eigenvalue weighted by atomic mass is 16.3. The highest BCUT2D eigenvalue weighted by molar-refractivity contribution is 6.08. The third kappa shape index (κ3) is 2.08. The zero-order valence-electron chi connectivity index (χ0n) is 11.6. The Kier molecular flexibility index (Phi) is 2.89. The first-order chi connectivity index (χ1) is 10.3. The van der Waals surface area contributed by atoms with Gasteiger partial charge in [0.15, 0.2) is 5.76 Å². The van der Waals surface area contributed by atoms with Crippen LogP contribution in [0.25, 0.3) is 21.7 Å². The zero-order valence-corrected chi connectivity index (χ0v) is 11.6. The van der Waals surface area contributed by atoms with Gasteiger partial charge in [0, 0.05) is 31.6 Å². The summed E-state index contributed by atoms with van der Waals surface area (Å²) in [5, 5.41) is 6.54. The van der Waals surface area contributed by atoms with Crippen molar-refractivity contribution in [2.45, 2.75) is 0 Å². The Morgan fingerprint density at radius 2 is 1.86 bits per heavy atom. The smallest absolute Gasteiger partial charge is 0.289 e. The Morgan fingerprint density at radius 3 is 2.71 bits per heavy atom. The predicted octanol–water partition coefficient (Wildman–Crippen LogP) is 2.63. The predicted molar refractivity (Wildman–Crippen MR) is 82.5 cm³/mol. The van der Waals surface area contributed by atoms with Gasteiger partial charge >= 0.3 is 0 Å². The Morgan fingerprint density at radius 1 is 1.05 bits per heavy atom. The lowest BCUT2D eigenvalue weighted by molar-refractivity contribution is 0.0706. The van der Waals surface area contributed by atoms with E-state index in [0.29, 0.717) is 5.76 Å². The van der Waals surface area contributed by atoms with E-state index in [1.165, 1.54) is 0 Å². The molecule has 0 bridgehead atoms. The van der Waals surface area contributed by atoms with E-state index in [4.69, 9.17) is 4.42 Å². The van der Waals surface area contributed by atoms with Gasteiger partial charge in [0.05, 0.1) is 0 Å². The van der Waals surface area contributed by atoms with Crippen molar-refractivity contribution < 1.29 is 9.21 Å². The SMILES string of the molecule is O=C(c1cc2c(ccc3ccccc32)o1)N1CCNCC1. The molecule has 21 heavy (non-hydrogen) atoms. The summed E-state index contributed by atoms with van der Waals surface area (Å²) in [4.78, 5) is 14.4. The molecule has 1 aliphatic heterocycles. The van der Waals surface area contributed by atoms with Crippen molar-refractivity contribution in [2.24, 2.45) is 0 Å². The third-order valence-corrected chi connectivity index (χ3v) is 4.04. The van der Waals surface area contributed by atoms with Crippen LogP contribution in [0.5, 0.6) is 0 Å². The van der Waals surface area contributed by atoms with Gasteiger partial charge in [0.2, 0.25) is 0 Å². The van der Waals surface area contributed by atoms with Crippen LogP contribution in [-0.4, -0.2) is 37.0 Å². The number of carbonyl (C=O) groups is 1. The second kappa shape index (κ2) is 4.90. The van der Waals surface area contributed by atoms with Crippen molar-refractivity contribution in [1.82, 2.24) is 10.2 Å². The first-order valence-electron chi connectivity index (χ1n) is 7.24. The van der Waals surface area contributed by atoms with Crippen LogP contribution in [0.4, 0.5) is 0 Å². The highest BCUT2D eigenvalue weighted by Gasteiger charge is 2.21. The van der Waals surface area contributed by atoms with E-state index in [2.05, 4.69) is 17.4 Å². The first-order valence-corrected chi connectivity index (χ1v) is 7.24. The zero-order chi connectivity index (χ0) is 14.2. The number of hydrogen-bond donors (Lipinski definition) is 1. The number of hydrogen-bond acceptors (Lipinski definition) is 3. The first kappa shape index (κ1) is 12.4. The second-order valence-electron chi connectivity index (χ2n) is 5.35. The molecule has 0 radical (unpaired) electrons. The summed E-state index contributed by atoms with van der Waals surface area (Å²) in [5.41, 5.74) is 0.771. The van der Waals surface area contributed by atoms with Crippen LogP contribution >= 0.6 is 0 Å². The van der Waals surface area contributed by atoms with Gasteiger partial charge < -0.3 is 14.6 Å². The molecule has 0 aliphatic carbocycles. The van der Waals surface area contributed by atoms with Crippen molar-refractivity contribution in [2.75, 3.05) is 26.2 Å². The van der Waals surface area contributed by atoms with E-state index in [-0.39, 0.29) is 5.91 Å². The number of rotatable bonds is 1. The Labute approximate surface area is 122 Å². The maximum atomic E-state index is 12.5. The van der Waals surface area contributed by atoms with Gasteiger partial charge in [-0.2, -0.15) is 0 Å². The standard InChI is InChI=1S/C17H16N2O2/c20-17(19-9-7-18-8-10-19)16-11-14-13-4-2-1-3-12(13)5-6-15(14)21-16/h1-6,11,18H,7-10H2. The number of carbonyl (C=O) groups excluding carboxylic acids is 1. The van der Waals surface area contributed by atoms with Gasteiger partial charge in [-0.05, 0) is 22.9 Å². The molecule has 1 saturated heterocycles. The summed E-state index contributed by atoms with van der Waals surface area (Å²) in [7, 11) is 0. The number of piperazine rings is 1. The second-order valence-corrected chi connectivity index (χ2v) is 5.35. The van der Waals surface area contributed by atoms with Crippen LogP contribution in [0.15, 0.2) is 46.9 Å². The lowest BCUT2D eigenvalue weighted by Crippen LogP contribution is -2.46. The average molecular weight is 280 g/mol. The minimum Gasteiger partial charge on any atom is -0.451 e. The average Bonchev–Trinajstić information content (AvgIpc) is 2.99. The molecule has 106 valence electrons. The normalized spacial score (nSPS) is 15.7. The third-order valence-electron chi connectivity index (χ3n) is 4.04. The topological polar surface area (TPSA) is 45.5 Å². The molecule has 4 nitrogen and oxygen atoms in total. The summed E-state index contributed by atoms with van der Waals surface area (Å²) in [6.07, 6.45) is 0. The number of amides is 1. The molecule has 1 amide bonds. The van der Waals surface area contributed by atoms with Crippen LogP contribution in [-0.2, 0) is 0 Å². The van der Waals surface area contributed by atoms with E-state index >= 15 is 0 Å². The summed E-state index contributed by atoms with van der Waals surface area (Å²) < 4.78 is 5.78. The minimum absolute atomic E-state index is 0.0169. The van der Waals surface area contributed by atoms with Gasteiger partial charge in [0.1, 0.15) is 5.58 Å². The molecule has 1 N–H and O–H groups in total. The monoisotopic (exact) mass is 280 g/mol. The molecule has 2 aromatic carbocycles. The molecule has 4 rings (SSSR count). The maximum absolute atomic E-state index is 12.5. The van der Waals surface area contributed by atoms with E-state index in [0.717, 1.165) is 47.9 Å². The van der Waals surface area contributed by atoms with E-state index in [9.17, 15) is 4.79 Å². The van der Waals surface area contributed by atoms with Crippen LogP contribution < -0.4 is 5.32 Å². The summed E-state index contributed by atoms with van der Waals surface area (Å²) in [6.45, 7) is 3.15. The molecule has 0 spiro atoms. The van der Waals surface area contributed by atoms with Crippen LogP contribution in [0.3, 0.4) is 0 Å². The van der Waals surface area contributed by atoms with Crippen molar-refractivity contribution in [3.8, 4) is 0 Å². The van der Waals surface area contributed by atoms with Gasteiger partial charge in [-0.25, -0.2) is 0 Å². The fourth-order valence-corrected chi connectivity index (χ4v) is 2.92. The van der Waals surface area contributed by atoms with Gasteiger partial charge in [-0.3, -0.25) is 4.79 Å². The Bertz CT molecular complexity index is 816. The van der Waals surface area contributed by atoms with Crippen molar-refractivity contribution in [3.05, 3.63) is 48.2 Å². The number of fused-ring (bicyclic) bond motifs is 3. The quantitative estimate of drug-likeness (QED) is 0.745. The molecule has 4 heteroatoms. The summed E-state index contributed by atoms with van der Waals surface area (Å²) in [5.74, 6) is 0.417. The number of benzene rings is 2. The molecular weight excluding hydrogens is 264 g/mol. The summed E-state index contributed by atoms with van der Waals surface area (Å²) in [6, 6.07) is 14.0. The lowest BCUT2D eigenvalue weighted by atomic mass is 10.1. The van der Waals surface area contributed by atoms with Gasteiger partial charge in [-0.1, -0.05) is 30.3 Å². The molecular formula is C17H16N2O2. The van der Waals surface area contributed by atoms with Gasteiger partial charge in [-0.15, -0.1) is 0 Å². The highest BCUT2D eigenvalue weighted by Crippen LogP contribution is 2.28. The molecule has 3 aromatic rings. The molecule has 0 saturated carbocycles. The van der Waals surface area contributed by atoms with Crippen molar-refractivity contribution in [1.29, 1.82) is 0 Å². The van der Waals surface area contributed by atoms with Crippen LogP contribution in [0, 0.1) is 0 Å². The van der Waals surface area contributed by atoms with Crippen molar-refractivity contribution >= 4 is 27.6 Å².